The molecule has 1 aromatic carbocycles. The van der Waals surface area contributed by atoms with Crippen molar-refractivity contribution in [1.82, 2.24) is 4.98 Å². The van der Waals surface area contributed by atoms with Crippen LogP contribution in [0.25, 0.3) is 16.6 Å². The summed E-state index contributed by atoms with van der Waals surface area (Å²) in [7, 11) is 0. The van der Waals surface area contributed by atoms with Gasteiger partial charge in [0.2, 0.25) is 0 Å². The Balaban J connectivity index is 2.11. The van der Waals surface area contributed by atoms with Crippen LogP contribution in [0.15, 0.2) is 42.1 Å². The fourth-order valence-electron chi connectivity index (χ4n) is 3.16. The van der Waals surface area contributed by atoms with Crippen molar-refractivity contribution < 1.29 is 0 Å². The first-order chi connectivity index (χ1) is 11.9. The van der Waals surface area contributed by atoms with E-state index < -0.39 is 0 Å². The third kappa shape index (κ3) is 3.94. The predicted octanol–water partition coefficient (Wildman–Crippen LogP) is 2.63. The van der Waals surface area contributed by atoms with Crippen LogP contribution in [0.4, 0.5) is 5.82 Å². The Morgan fingerprint density at radius 2 is 1.88 bits per heavy atom. The molecule has 1 fully saturated rings. The highest BCUT2D eigenvalue weighted by molar-refractivity contribution is 5.88. The van der Waals surface area contributed by atoms with E-state index in [1.54, 1.807) is 0 Å². The maximum absolute atomic E-state index is 6.38. The number of rotatable bonds is 3. The molecule has 1 aromatic heterocycles. The number of nitrogens with zero attached hydrogens (tertiary/aromatic N) is 2. The number of pyridine rings is 1. The van der Waals surface area contributed by atoms with Crippen LogP contribution in [0.3, 0.4) is 0 Å². The molecule has 3 rings (SSSR count). The maximum atomic E-state index is 6.38. The smallest absolute Gasteiger partial charge is 0.138 e. The molecule has 0 aliphatic carbocycles. The van der Waals surface area contributed by atoms with Gasteiger partial charge in [-0.2, -0.15) is 0 Å². The van der Waals surface area contributed by atoms with E-state index in [4.69, 9.17) is 22.2 Å². The van der Waals surface area contributed by atoms with E-state index in [1.165, 1.54) is 5.56 Å². The van der Waals surface area contributed by atoms with Gasteiger partial charge >= 0.3 is 0 Å². The van der Waals surface area contributed by atoms with Gasteiger partial charge in [-0.05, 0) is 57.0 Å². The summed E-state index contributed by atoms with van der Waals surface area (Å²) in [6.07, 6.45) is 5.62. The molecular weight excluding hydrogens is 310 g/mol. The molecule has 0 atom stereocenters. The van der Waals surface area contributed by atoms with Gasteiger partial charge < -0.3 is 22.1 Å². The Labute approximate surface area is 149 Å². The number of hydrogen-bond acceptors (Lipinski definition) is 5. The average Bonchev–Trinajstić information content (AvgIpc) is 2.59. The number of aromatic nitrogens is 1. The molecule has 1 saturated heterocycles. The van der Waals surface area contributed by atoms with Crippen LogP contribution in [0, 0.1) is 6.92 Å². The van der Waals surface area contributed by atoms with Crippen molar-refractivity contribution in [1.29, 1.82) is 0 Å². The third-order valence-electron chi connectivity index (χ3n) is 4.63. The van der Waals surface area contributed by atoms with Crippen molar-refractivity contribution in [3.8, 4) is 0 Å². The van der Waals surface area contributed by atoms with E-state index >= 15 is 0 Å². The lowest BCUT2D eigenvalue weighted by molar-refractivity contribution is 0.499. The second-order valence-corrected chi connectivity index (χ2v) is 6.91. The lowest BCUT2D eigenvalue weighted by Gasteiger charge is -2.32. The summed E-state index contributed by atoms with van der Waals surface area (Å²) in [6, 6.07) is 8.70. The monoisotopic (exact) mass is 337 g/mol. The molecule has 2 aromatic rings. The highest BCUT2D eigenvalue weighted by atomic mass is 15.2. The molecule has 0 radical (unpaired) electrons. The summed E-state index contributed by atoms with van der Waals surface area (Å²) in [5.74, 6) is 0.931. The van der Waals surface area contributed by atoms with E-state index in [1.807, 2.05) is 19.1 Å². The SMILES string of the molecule is C/C(N)=C/C=C(\N)c1cc2cc(C)ccc2nc1N1CCC(N)CC1. The van der Waals surface area contributed by atoms with Crippen molar-refractivity contribution >= 4 is 22.4 Å². The van der Waals surface area contributed by atoms with Crippen molar-refractivity contribution in [2.24, 2.45) is 17.2 Å². The number of aryl methyl sites for hydroxylation is 1. The molecule has 1 aliphatic heterocycles. The molecule has 2 heterocycles. The van der Waals surface area contributed by atoms with Crippen LogP contribution in [-0.4, -0.2) is 24.1 Å². The average molecular weight is 337 g/mol. The van der Waals surface area contributed by atoms with Gasteiger partial charge in [-0.15, -0.1) is 0 Å². The lowest BCUT2D eigenvalue weighted by atomic mass is 10.0. The fourth-order valence-corrected chi connectivity index (χ4v) is 3.16. The van der Waals surface area contributed by atoms with Gasteiger partial charge in [0.25, 0.3) is 0 Å². The number of anilines is 1. The van der Waals surface area contributed by atoms with E-state index in [-0.39, 0.29) is 6.04 Å². The molecule has 132 valence electrons. The minimum absolute atomic E-state index is 0.276. The van der Waals surface area contributed by atoms with Gasteiger partial charge in [-0.1, -0.05) is 11.6 Å². The summed E-state index contributed by atoms with van der Waals surface area (Å²) >= 11 is 0. The van der Waals surface area contributed by atoms with Gasteiger partial charge in [0.05, 0.1) is 5.52 Å². The number of allylic oxidation sites excluding steroid dienone is 3. The summed E-state index contributed by atoms with van der Waals surface area (Å²) in [6.45, 7) is 5.73. The van der Waals surface area contributed by atoms with Crippen LogP contribution in [-0.2, 0) is 0 Å². The molecule has 0 amide bonds. The first-order valence-corrected chi connectivity index (χ1v) is 8.76. The normalized spacial score (nSPS) is 17.3. The van der Waals surface area contributed by atoms with Crippen LogP contribution in [0.2, 0.25) is 0 Å². The Morgan fingerprint density at radius 1 is 1.16 bits per heavy atom. The molecule has 1 aliphatic rings. The number of hydrogen-bond donors (Lipinski definition) is 3. The minimum Gasteiger partial charge on any atom is -0.402 e. The molecule has 0 spiro atoms. The summed E-state index contributed by atoms with van der Waals surface area (Å²) in [5, 5.41) is 1.09. The second kappa shape index (κ2) is 7.15. The Hall–Kier alpha value is -2.53. The van der Waals surface area contributed by atoms with Gasteiger partial charge in [0.15, 0.2) is 0 Å². The van der Waals surface area contributed by atoms with E-state index in [0.29, 0.717) is 5.70 Å². The van der Waals surface area contributed by atoms with Gasteiger partial charge in [-0.25, -0.2) is 4.98 Å². The number of piperidine rings is 1. The van der Waals surface area contributed by atoms with Gasteiger partial charge in [-0.3, -0.25) is 0 Å². The van der Waals surface area contributed by atoms with E-state index in [0.717, 1.165) is 53.9 Å². The minimum atomic E-state index is 0.276. The van der Waals surface area contributed by atoms with E-state index in [2.05, 4.69) is 36.1 Å². The van der Waals surface area contributed by atoms with Crippen LogP contribution in [0.1, 0.15) is 30.9 Å². The maximum Gasteiger partial charge on any atom is 0.138 e. The topological polar surface area (TPSA) is 94.2 Å². The number of benzene rings is 1. The van der Waals surface area contributed by atoms with Crippen molar-refractivity contribution in [2.75, 3.05) is 18.0 Å². The summed E-state index contributed by atoms with van der Waals surface area (Å²) < 4.78 is 0. The van der Waals surface area contributed by atoms with Crippen LogP contribution >= 0.6 is 0 Å². The van der Waals surface area contributed by atoms with E-state index in [9.17, 15) is 0 Å². The number of fused-ring (bicyclic) bond motifs is 1. The van der Waals surface area contributed by atoms with Crippen molar-refractivity contribution in [3.63, 3.8) is 0 Å². The molecule has 5 heteroatoms. The molecule has 0 saturated carbocycles. The fraction of sp³-hybridized carbons (Fsp3) is 0.350. The molecule has 0 unspecified atom stereocenters. The Bertz CT molecular complexity index is 825. The first-order valence-electron chi connectivity index (χ1n) is 8.76. The Morgan fingerprint density at radius 3 is 2.56 bits per heavy atom. The number of nitrogens with two attached hydrogens (primary N) is 3. The standard InChI is InChI=1S/C20H27N5/c1-13-3-6-19-15(11-13)12-17(18(23)5-4-14(2)21)20(24-19)25-9-7-16(22)8-10-25/h3-6,11-12,16H,7-10,21-23H2,1-2H3/b14-4-,18-5-. The summed E-state index contributed by atoms with van der Waals surface area (Å²) in [4.78, 5) is 7.21. The van der Waals surface area contributed by atoms with Crippen LogP contribution < -0.4 is 22.1 Å². The highest BCUT2D eigenvalue weighted by Gasteiger charge is 2.21. The zero-order valence-corrected chi connectivity index (χ0v) is 15.0. The van der Waals surface area contributed by atoms with Crippen molar-refractivity contribution in [3.05, 3.63) is 53.2 Å². The first kappa shape index (κ1) is 17.3. The second-order valence-electron chi connectivity index (χ2n) is 6.91. The van der Waals surface area contributed by atoms with Gasteiger partial charge in [0.1, 0.15) is 5.82 Å². The lowest BCUT2D eigenvalue weighted by Crippen LogP contribution is -2.40. The molecule has 5 nitrogen and oxygen atoms in total. The summed E-state index contributed by atoms with van der Waals surface area (Å²) in [5.41, 5.74) is 22.7. The van der Waals surface area contributed by atoms with Gasteiger partial charge in [0, 0.05) is 41.5 Å². The molecule has 25 heavy (non-hydrogen) atoms. The zero-order chi connectivity index (χ0) is 18.0. The molecular formula is C20H27N5. The predicted molar refractivity (Wildman–Crippen MR) is 106 cm³/mol. The van der Waals surface area contributed by atoms with Crippen LogP contribution in [0.5, 0.6) is 0 Å². The third-order valence-corrected chi connectivity index (χ3v) is 4.63. The highest BCUT2D eigenvalue weighted by Crippen LogP contribution is 2.29. The Kier molecular flexibility index (Phi) is 4.95. The van der Waals surface area contributed by atoms with Crippen molar-refractivity contribution in [2.45, 2.75) is 32.7 Å². The zero-order valence-electron chi connectivity index (χ0n) is 15.0. The quantitative estimate of drug-likeness (QED) is 0.749. The molecule has 6 N–H and O–H groups in total. The largest absolute Gasteiger partial charge is 0.402 e. The molecule has 0 bridgehead atoms.